The van der Waals surface area contributed by atoms with Crippen molar-refractivity contribution >= 4 is 58.6 Å². The van der Waals surface area contributed by atoms with Crippen molar-refractivity contribution in [1.82, 2.24) is 4.90 Å². The number of rotatable bonds is 17. The molecule has 0 fully saturated rings. The largest absolute Gasteiger partial charge is 0.462 e. The van der Waals surface area contributed by atoms with Gasteiger partial charge < -0.3 is 29.2 Å². The van der Waals surface area contributed by atoms with Gasteiger partial charge in [0.15, 0.2) is 18.3 Å². The van der Waals surface area contributed by atoms with Crippen LogP contribution < -0.4 is 5.32 Å². The van der Waals surface area contributed by atoms with Crippen molar-refractivity contribution in [3.05, 3.63) is 147 Å². The normalized spacial score (nSPS) is 17.5. The first-order valence-electron chi connectivity index (χ1n) is 18.6. The number of thioether (sulfide) groups is 1. The first-order valence-corrected chi connectivity index (χ1v) is 19.4. The summed E-state index contributed by atoms with van der Waals surface area (Å²) in [5.74, 6) is -5.50. The maximum atomic E-state index is 15.5. The van der Waals surface area contributed by atoms with Crippen molar-refractivity contribution in [3.63, 3.8) is 0 Å². The number of anilines is 1. The van der Waals surface area contributed by atoms with Gasteiger partial charge in [0.1, 0.15) is 17.1 Å². The molecule has 1 aliphatic heterocycles. The number of hydrogen-bond donors (Lipinski definition) is 1. The molecule has 0 unspecified atom stereocenters. The number of nitrogens with one attached hydrogen (secondary N) is 1. The second-order valence-corrected chi connectivity index (χ2v) is 14.8. The van der Waals surface area contributed by atoms with Crippen LogP contribution in [0.25, 0.3) is 0 Å². The molecule has 60 heavy (non-hydrogen) atoms. The van der Waals surface area contributed by atoms with Gasteiger partial charge >= 0.3 is 23.9 Å². The van der Waals surface area contributed by atoms with Crippen molar-refractivity contribution in [2.75, 3.05) is 19.0 Å². The summed E-state index contributed by atoms with van der Waals surface area (Å²) in [6, 6.07) is 31.9. The van der Waals surface area contributed by atoms with E-state index in [0.29, 0.717) is 22.8 Å². The third-order valence-electron chi connectivity index (χ3n) is 9.12. The third-order valence-corrected chi connectivity index (χ3v) is 10.8. The summed E-state index contributed by atoms with van der Waals surface area (Å²) >= 11 is 1.07. The monoisotopic (exact) mass is 837 g/mol. The predicted octanol–water partition coefficient (Wildman–Crippen LogP) is 7.24. The number of azo groups is 1. The average Bonchev–Trinajstić information content (AvgIpc) is 3.57. The van der Waals surface area contributed by atoms with E-state index in [2.05, 4.69) is 10.4 Å². The molecule has 0 saturated heterocycles. The Morgan fingerprint density at radius 2 is 1.33 bits per heavy atom. The van der Waals surface area contributed by atoms with E-state index >= 15 is 4.79 Å². The number of nitro benzene ring substituents is 1. The molecular formula is C43H43N5O11S. The minimum atomic E-state index is -1.89. The Labute approximate surface area is 350 Å². The molecular weight excluding hydrogens is 795 g/mol. The Morgan fingerprint density at radius 3 is 1.88 bits per heavy atom. The first-order chi connectivity index (χ1) is 28.7. The van der Waals surface area contributed by atoms with Crippen LogP contribution >= 0.6 is 11.8 Å². The lowest BCUT2D eigenvalue weighted by Crippen LogP contribution is -2.56. The van der Waals surface area contributed by atoms with Crippen molar-refractivity contribution in [3.8, 4) is 0 Å². The van der Waals surface area contributed by atoms with Gasteiger partial charge in [0.2, 0.25) is 5.91 Å². The Balaban J connectivity index is 1.87. The van der Waals surface area contributed by atoms with E-state index in [4.69, 9.17) is 24.1 Å². The topological polar surface area (TPSA) is 205 Å². The molecule has 0 radical (unpaired) electrons. The van der Waals surface area contributed by atoms with Crippen molar-refractivity contribution in [2.45, 2.75) is 57.3 Å². The molecule has 1 heterocycles. The van der Waals surface area contributed by atoms with Crippen LogP contribution in [0.15, 0.2) is 136 Å². The molecule has 312 valence electrons. The summed E-state index contributed by atoms with van der Waals surface area (Å²) in [7, 11) is 1.78. The van der Waals surface area contributed by atoms with Crippen molar-refractivity contribution in [2.24, 2.45) is 16.1 Å². The maximum Gasteiger partial charge on any atom is 0.303 e. The maximum absolute atomic E-state index is 15.5. The zero-order valence-corrected chi connectivity index (χ0v) is 34.2. The van der Waals surface area contributed by atoms with Gasteiger partial charge in [-0.2, -0.15) is 10.2 Å². The smallest absolute Gasteiger partial charge is 0.303 e. The number of nitro groups is 1. The number of esters is 4. The van der Waals surface area contributed by atoms with Gasteiger partial charge in [-0.3, -0.25) is 34.1 Å². The highest BCUT2D eigenvalue weighted by atomic mass is 32.2. The molecule has 5 atom stereocenters. The standard InChI is InChI=1S/C43H43N5O11S/c1-27(49)56-26-36(57-28(2)50)39(58-29(3)51)40(59-30(4)52)37-38(46-45-34-19-13-8-14-20-34)41(47(5)25-31-15-9-6-10-16-31)60-43(37,32-17-11-7-12-18-32)42(53)44-33-21-23-35(24-22-33)48(54)55/h6-24,36-37,39-40H,25-26H2,1-5H3,(H,44,53)/t36-,37-,39+,40+,43+/m1/s1. The molecule has 0 saturated carbocycles. The summed E-state index contributed by atoms with van der Waals surface area (Å²) in [6.07, 6.45) is -5.01. The highest BCUT2D eigenvalue weighted by Gasteiger charge is 2.63. The van der Waals surface area contributed by atoms with Crippen LogP contribution in [0.3, 0.4) is 0 Å². The summed E-state index contributed by atoms with van der Waals surface area (Å²) in [4.78, 5) is 79.5. The number of carbonyl (C=O) groups is 5. The zero-order chi connectivity index (χ0) is 43.4. The SMILES string of the molecule is CC(=O)OC[C@@H](OC(C)=O)[C@H](OC(C)=O)[C@@H](OC(C)=O)[C@H]1C(N=Nc2ccccc2)=C(N(C)Cc2ccccc2)S[C@@]1(C(=O)Nc1ccc([N+](=O)[O-])cc1)c1ccccc1. The lowest BCUT2D eigenvalue weighted by atomic mass is 9.76. The van der Waals surface area contributed by atoms with Crippen molar-refractivity contribution < 1.29 is 47.8 Å². The predicted molar refractivity (Wildman–Crippen MR) is 220 cm³/mol. The molecule has 5 rings (SSSR count). The van der Waals surface area contributed by atoms with Gasteiger partial charge in [-0.1, -0.05) is 90.6 Å². The van der Waals surface area contributed by atoms with Crippen LogP contribution in [0.5, 0.6) is 0 Å². The summed E-state index contributed by atoms with van der Waals surface area (Å²) in [6.45, 7) is 4.09. The minimum Gasteiger partial charge on any atom is -0.462 e. The summed E-state index contributed by atoms with van der Waals surface area (Å²) in [5, 5.41) is 24.2. The van der Waals surface area contributed by atoms with E-state index in [0.717, 1.165) is 45.0 Å². The van der Waals surface area contributed by atoms with E-state index in [1.807, 2.05) is 35.2 Å². The molecule has 0 aliphatic carbocycles. The van der Waals surface area contributed by atoms with E-state index in [1.165, 1.54) is 24.3 Å². The average molecular weight is 838 g/mol. The van der Waals surface area contributed by atoms with Gasteiger partial charge in [-0.05, 0) is 35.4 Å². The second-order valence-electron chi connectivity index (χ2n) is 13.6. The van der Waals surface area contributed by atoms with Crippen LogP contribution in [0.4, 0.5) is 17.1 Å². The molecule has 1 amide bonds. The Morgan fingerprint density at radius 1 is 0.767 bits per heavy atom. The Bertz CT molecular complexity index is 2240. The molecule has 16 nitrogen and oxygen atoms in total. The summed E-state index contributed by atoms with van der Waals surface area (Å²) < 4.78 is 21.1. The number of carbonyl (C=O) groups excluding carboxylic acids is 5. The number of hydrogen-bond acceptors (Lipinski definition) is 15. The highest BCUT2D eigenvalue weighted by molar-refractivity contribution is 8.04. The fourth-order valence-electron chi connectivity index (χ4n) is 6.70. The van der Waals surface area contributed by atoms with E-state index < -0.39 is 70.3 Å². The van der Waals surface area contributed by atoms with E-state index in [9.17, 15) is 29.3 Å². The zero-order valence-electron chi connectivity index (χ0n) is 33.4. The van der Waals surface area contributed by atoms with Crippen LogP contribution in [-0.2, 0) is 54.2 Å². The Kier molecular flexibility index (Phi) is 14.9. The number of amides is 1. The molecule has 0 spiro atoms. The van der Waals surface area contributed by atoms with Crippen LogP contribution in [0.2, 0.25) is 0 Å². The second kappa shape index (κ2) is 20.2. The Hall–Kier alpha value is -6.88. The molecule has 1 N–H and O–H groups in total. The molecule has 0 bridgehead atoms. The molecule has 1 aliphatic rings. The van der Waals surface area contributed by atoms with Gasteiger partial charge in [0.05, 0.1) is 21.6 Å². The molecule has 0 aromatic heterocycles. The van der Waals surface area contributed by atoms with Crippen LogP contribution in [0.1, 0.15) is 38.8 Å². The fourth-order valence-corrected chi connectivity index (χ4v) is 8.27. The van der Waals surface area contributed by atoms with Gasteiger partial charge in [-0.15, -0.1) is 0 Å². The van der Waals surface area contributed by atoms with Gasteiger partial charge in [0.25, 0.3) is 5.69 Å². The highest BCUT2D eigenvalue weighted by Crippen LogP contribution is 2.60. The van der Waals surface area contributed by atoms with Gasteiger partial charge in [0, 0.05) is 59.1 Å². The summed E-state index contributed by atoms with van der Waals surface area (Å²) in [5.41, 5.74) is 1.78. The number of benzene rings is 4. The van der Waals surface area contributed by atoms with Crippen molar-refractivity contribution in [1.29, 1.82) is 0 Å². The number of non-ortho nitro benzene ring substituents is 1. The third kappa shape index (κ3) is 11.0. The van der Waals surface area contributed by atoms with Crippen LogP contribution in [0, 0.1) is 16.0 Å². The quantitative estimate of drug-likeness (QED) is 0.0367. The first kappa shape index (κ1) is 44.2. The molecule has 17 heteroatoms. The van der Waals surface area contributed by atoms with Crippen LogP contribution in [-0.4, -0.2) is 71.6 Å². The van der Waals surface area contributed by atoms with Gasteiger partial charge in [-0.25, -0.2) is 0 Å². The lowest BCUT2D eigenvalue weighted by Gasteiger charge is -2.41. The number of ether oxygens (including phenoxy) is 4. The fraction of sp³-hybridized carbons (Fsp3) is 0.279. The molecule has 4 aromatic carbocycles. The lowest BCUT2D eigenvalue weighted by molar-refractivity contribution is -0.384. The minimum absolute atomic E-state index is 0.113. The number of nitrogens with zero attached hydrogens (tertiary/aromatic N) is 4. The van der Waals surface area contributed by atoms with E-state index in [1.54, 1.807) is 67.7 Å². The molecule has 4 aromatic rings. The van der Waals surface area contributed by atoms with E-state index in [-0.39, 0.29) is 17.1 Å².